The minimum Gasteiger partial charge on any atom is -0.492 e. The van der Waals surface area contributed by atoms with E-state index in [-0.39, 0.29) is 11.7 Å². The zero-order valence-electron chi connectivity index (χ0n) is 10.5. The van der Waals surface area contributed by atoms with Gasteiger partial charge in [-0.25, -0.2) is 4.39 Å². The topological polar surface area (TPSA) is 42.7 Å². The van der Waals surface area contributed by atoms with Gasteiger partial charge in [0, 0.05) is 7.05 Å². The normalized spacial score (nSPS) is 10.2. The van der Waals surface area contributed by atoms with Crippen molar-refractivity contribution in [1.29, 1.82) is 0 Å². The van der Waals surface area contributed by atoms with Crippen LogP contribution in [0.3, 0.4) is 0 Å². The Morgan fingerprint density at radius 3 is 2.68 bits per heavy atom. The standard InChI is InChI=1S/C14H14FNO3/c1-16(14(17)13-3-2-9-19-13)8-10-18-12-6-4-11(15)5-7-12/h2-7,9H,8,10H2,1H3. The number of hydrogen-bond acceptors (Lipinski definition) is 3. The van der Waals surface area contributed by atoms with Gasteiger partial charge in [0.1, 0.15) is 18.2 Å². The molecule has 0 saturated heterocycles. The number of rotatable bonds is 5. The molecule has 0 aliphatic rings. The summed E-state index contributed by atoms with van der Waals surface area (Å²) in [5.41, 5.74) is 0. The number of ether oxygens (including phenoxy) is 1. The first-order valence-electron chi connectivity index (χ1n) is 5.84. The molecule has 0 radical (unpaired) electrons. The molecule has 0 aliphatic carbocycles. The molecule has 2 aromatic rings. The molecule has 0 atom stereocenters. The van der Waals surface area contributed by atoms with Crippen LogP contribution in [0.1, 0.15) is 10.6 Å². The Hall–Kier alpha value is -2.30. The Morgan fingerprint density at radius 1 is 1.32 bits per heavy atom. The zero-order chi connectivity index (χ0) is 13.7. The number of likely N-dealkylation sites (N-methyl/N-ethyl adjacent to an activating group) is 1. The van der Waals surface area contributed by atoms with E-state index in [4.69, 9.17) is 9.15 Å². The van der Waals surface area contributed by atoms with Gasteiger partial charge in [-0.1, -0.05) is 0 Å². The van der Waals surface area contributed by atoms with Crippen molar-refractivity contribution < 1.29 is 18.3 Å². The molecule has 0 saturated carbocycles. The third-order valence-electron chi connectivity index (χ3n) is 2.59. The van der Waals surface area contributed by atoms with Gasteiger partial charge in [0.05, 0.1) is 12.8 Å². The van der Waals surface area contributed by atoms with Crippen LogP contribution in [0.4, 0.5) is 4.39 Å². The summed E-state index contributed by atoms with van der Waals surface area (Å²) in [5, 5.41) is 0. The highest BCUT2D eigenvalue weighted by Crippen LogP contribution is 2.11. The van der Waals surface area contributed by atoms with Crippen molar-refractivity contribution in [2.75, 3.05) is 20.2 Å². The molecular formula is C14H14FNO3. The predicted molar refractivity (Wildman–Crippen MR) is 67.6 cm³/mol. The van der Waals surface area contributed by atoms with E-state index in [1.54, 1.807) is 31.3 Å². The highest BCUT2D eigenvalue weighted by Gasteiger charge is 2.13. The van der Waals surface area contributed by atoms with Gasteiger partial charge in [-0.15, -0.1) is 0 Å². The Balaban J connectivity index is 1.79. The maximum absolute atomic E-state index is 12.7. The highest BCUT2D eigenvalue weighted by molar-refractivity contribution is 5.91. The fourth-order valence-corrected chi connectivity index (χ4v) is 1.52. The summed E-state index contributed by atoms with van der Waals surface area (Å²) in [4.78, 5) is 13.3. The summed E-state index contributed by atoms with van der Waals surface area (Å²) in [5.74, 6) is 0.356. The van der Waals surface area contributed by atoms with Gasteiger partial charge < -0.3 is 14.1 Å². The first kappa shape index (κ1) is 13.1. The summed E-state index contributed by atoms with van der Waals surface area (Å²) >= 11 is 0. The maximum Gasteiger partial charge on any atom is 0.289 e. The van der Waals surface area contributed by atoms with E-state index in [1.165, 1.54) is 23.3 Å². The monoisotopic (exact) mass is 263 g/mol. The predicted octanol–water partition coefficient (Wildman–Crippen LogP) is 2.57. The van der Waals surface area contributed by atoms with E-state index in [0.717, 1.165) is 0 Å². The van der Waals surface area contributed by atoms with Gasteiger partial charge in [0.25, 0.3) is 5.91 Å². The molecule has 1 aromatic carbocycles. The first-order valence-corrected chi connectivity index (χ1v) is 5.84. The molecule has 1 aromatic heterocycles. The number of halogens is 1. The van der Waals surface area contributed by atoms with Crippen LogP contribution in [0.5, 0.6) is 5.75 Å². The second-order valence-corrected chi connectivity index (χ2v) is 4.01. The SMILES string of the molecule is CN(CCOc1ccc(F)cc1)C(=O)c1ccco1. The molecule has 4 nitrogen and oxygen atoms in total. The number of benzene rings is 1. The molecule has 0 aliphatic heterocycles. The second kappa shape index (κ2) is 6.04. The van der Waals surface area contributed by atoms with Crippen LogP contribution >= 0.6 is 0 Å². The fraction of sp³-hybridized carbons (Fsp3) is 0.214. The Labute approximate surface area is 110 Å². The second-order valence-electron chi connectivity index (χ2n) is 4.01. The third kappa shape index (κ3) is 3.58. The van der Waals surface area contributed by atoms with Gasteiger partial charge >= 0.3 is 0 Å². The number of carbonyl (C=O) groups is 1. The Bertz CT molecular complexity index is 522. The van der Waals surface area contributed by atoms with Crippen molar-refractivity contribution in [3.05, 3.63) is 54.2 Å². The smallest absolute Gasteiger partial charge is 0.289 e. The van der Waals surface area contributed by atoms with Crippen LogP contribution in [0, 0.1) is 5.82 Å². The van der Waals surface area contributed by atoms with Crippen molar-refractivity contribution in [2.24, 2.45) is 0 Å². The highest BCUT2D eigenvalue weighted by atomic mass is 19.1. The molecule has 1 heterocycles. The van der Waals surface area contributed by atoms with Gasteiger partial charge in [-0.2, -0.15) is 0 Å². The lowest BCUT2D eigenvalue weighted by atomic mass is 10.3. The number of carbonyl (C=O) groups excluding carboxylic acids is 1. The van der Waals surface area contributed by atoms with E-state index in [9.17, 15) is 9.18 Å². The van der Waals surface area contributed by atoms with Crippen molar-refractivity contribution in [2.45, 2.75) is 0 Å². The Kier molecular flexibility index (Phi) is 4.18. The number of hydrogen-bond donors (Lipinski definition) is 0. The van der Waals surface area contributed by atoms with Gasteiger partial charge in [0.2, 0.25) is 0 Å². The van der Waals surface area contributed by atoms with Crippen molar-refractivity contribution >= 4 is 5.91 Å². The maximum atomic E-state index is 12.7. The average Bonchev–Trinajstić information content (AvgIpc) is 2.94. The van der Waals surface area contributed by atoms with E-state index < -0.39 is 0 Å². The fourth-order valence-electron chi connectivity index (χ4n) is 1.52. The minimum absolute atomic E-state index is 0.201. The zero-order valence-corrected chi connectivity index (χ0v) is 10.5. The van der Waals surface area contributed by atoms with Gasteiger partial charge in [-0.05, 0) is 36.4 Å². The number of nitrogens with zero attached hydrogens (tertiary/aromatic N) is 1. The molecule has 0 spiro atoms. The molecule has 5 heteroatoms. The first-order chi connectivity index (χ1) is 9.16. The van der Waals surface area contributed by atoms with E-state index in [1.807, 2.05) is 0 Å². The van der Waals surface area contributed by atoms with Crippen LogP contribution in [0.15, 0.2) is 47.1 Å². The summed E-state index contributed by atoms with van der Waals surface area (Å²) < 4.78 is 23.1. The lowest BCUT2D eigenvalue weighted by Crippen LogP contribution is -2.30. The average molecular weight is 263 g/mol. The number of amides is 1. The van der Waals surface area contributed by atoms with E-state index in [0.29, 0.717) is 24.7 Å². The van der Waals surface area contributed by atoms with Crippen LogP contribution in [0.2, 0.25) is 0 Å². The molecule has 0 bridgehead atoms. The minimum atomic E-state index is -0.308. The van der Waals surface area contributed by atoms with Crippen molar-refractivity contribution in [3.63, 3.8) is 0 Å². The summed E-state index contributed by atoms with van der Waals surface area (Å²) in [6.45, 7) is 0.742. The van der Waals surface area contributed by atoms with Crippen LogP contribution < -0.4 is 4.74 Å². The molecular weight excluding hydrogens is 249 g/mol. The van der Waals surface area contributed by atoms with E-state index >= 15 is 0 Å². The van der Waals surface area contributed by atoms with Crippen molar-refractivity contribution in [1.82, 2.24) is 4.90 Å². The Morgan fingerprint density at radius 2 is 2.05 bits per heavy atom. The van der Waals surface area contributed by atoms with Crippen molar-refractivity contribution in [3.8, 4) is 5.75 Å². The largest absolute Gasteiger partial charge is 0.492 e. The molecule has 2 rings (SSSR count). The molecule has 0 unspecified atom stereocenters. The van der Waals surface area contributed by atoms with Crippen LogP contribution in [0.25, 0.3) is 0 Å². The van der Waals surface area contributed by atoms with Crippen LogP contribution in [-0.2, 0) is 0 Å². The summed E-state index contributed by atoms with van der Waals surface area (Å²) in [7, 11) is 1.67. The van der Waals surface area contributed by atoms with Crippen LogP contribution in [-0.4, -0.2) is 31.0 Å². The third-order valence-corrected chi connectivity index (χ3v) is 2.59. The summed E-state index contributed by atoms with van der Waals surface area (Å²) in [6.07, 6.45) is 1.45. The van der Waals surface area contributed by atoms with Gasteiger partial charge in [0.15, 0.2) is 5.76 Å². The quantitative estimate of drug-likeness (QED) is 0.832. The molecule has 0 N–H and O–H groups in total. The lowest BCUT2D eigenvalue weighted by molar-refractivity contribution is 0.0742. The molecule has 1 amide bonds. The lowest BCUT2D eigenvalue weighted by Gasteiger charge is -2.16. The molecule has 100 valence electrons. The van der Waals surface area contributed by atoms with Gasteiger partial charge in [-0.3, -0.25) is 4.79 Å². The summed E-state index contributed by atoms with van der Waals surface area (Å²) in [6, 6.07) is 9.02. The molecule has 0 fully saturated rings. The molecule has 19 heavy (non-hydrogen) atoms. The number of furan rings is 1. The van der Waals surface area contributed by atoms with E-state index in [2.05, 4.69) is 0 Å².